The van der Waals surface area contributed by atoms with Crippen molar-refractivity contribution in [1.82, 2.24) is 9.88 Å². The molecule has 0 radical (unpaired) electrons. The van der Waals surface area contributed by atoms with E-state index in [-0.39, 0.29) is 5.91 Å². The smallest absolute Gasteiger partial charge is 0.272 e. The summed E-state index contributed by atoms with van der Waals surface area (Å²) in [4.78, 5) is 17.7. The fraction of sp³-hybridized carbons (Fsp3) is 0.273. The number of aromatic nitrogens is 1. The van der Waals surface area contributed by atoms with Crippen LogP contribution in [-0.2, 0) is 0 Å². The van der Waals surface area contributed by atoms with Crippen molar-refractivity contribution in [2.45, 2.75) is 6.42 Å². The lowest BCUT2D eigenvalue weighted by atomic mass is 10.2. The third-order valence-electron chi connectivity index (χ3n) is 2.28. The molecule has 0 aliphatic carbocycles. The Bertz CT molecular complexity index is 403. The Hall–Kier alpha value is -1.35. The molecule has 0 saturated carbocycles. The number of halogens is 1. The molecule has 0 atom stereocenters. The number of carbonyl (C=O) groups excluding carboxylic acids is 1. The molecule has 0 fully saturated rings. The number of hydrogen-bond donors (Lipinski definition) is 0. The lowest BCUT2D eigenvalue weighted by molar-refractivity contribution is 0.0765. The second kappa shape index (κ2) is 4.45. The van der Waals surface area contributed by atoms with E-state index in [0.717, 1.165) is 13.0 Å². The van der Waals surface area contributed by atoms with Gasteiger partial charge in [-0.25, -0.2) is 4.98 Å². The molecule has 1 aliphatic heterocycles. The largest absolute Gasteiger partial charge is 0.333 e. The molecule has 15 heavy (non-hydrogen) atoms. The van der Waals surface area contributed by atoms with Gasteiger partial charge in [-0.15, -0.1) is 0 Å². The SMILES string of the molecule is O=C(c1cccc(Cl)n1)N1CC=CCC1. The second-order valence-electron chi connectivity index (χ2n) is 3.36. The molecule has 0 unspecified atom stereocenters. The minimum absolute atomic E-state index is 0.0538. The summed E-state index contributed by atoms with van der Waals surface area (Å²) in [5, 5.41) is 0.355. The summed E-state index contributed by atoms with van der Waals surface area (Å²) in [7, 11) is 0. The molecule has 2 heterocycles. The first-order valence-corrected chi connectivity index (χ1v) is 5.22. The van der Waals surface area contributed by atoms with Crippen LogP contribution in [0.2, 0.25) is 5.15 Å². The Balaban J connectivity index is 2.16. The van der Waals surface area contributed by atoms with Crippen molar-refractivity contribution in [3.63, 3.8) is 0 Å². The van der Waals surface area contributed by atoms with Gasteiger partial charge in [-0.05, 0) is 18.6 Å². The van der Waals surface area contributed by atoms with Crippen molar-refractivity contribution in [3.8, 4) is 0 Å². The summed E-state index contributed by atoms with van der Waals surface area (Å²) in [6.07, 6.45) is 4.98. The van der Waals surface area contributed by atoms with E-state index in [9.17, 15) is 4.79 Å². The summed E-state index contributed by atoms with van der Waals surface area (Å²) in [5.41, 5.74) is 0.415. The van der Waals surface area contributed by atoms with E-state index in [0.29, 0.717) is 17.4 Å². The van der Waals surface area contributed by atoms with E-state index in [1.54, 1.807) is 23.1 Å². The van der Waals surface area contributed by atoms with Gasteiger partial charge in [-0.1, -0.05) is 29.8 Å². The zero-order valence-electron chi connectivity index (χ0n) is 8.19. The number of pyridine rings is 1. The predicted molar refractivity (Wildman–Crippen MR) is 58.9 cm³/mol. The standard InChI is InChI=1S/C11H11ClN2O/c12-10-6-4-5-9(13-10)11(15)14-7-2-1-3-8-14/h1-2,4-6H,3,7-8H2. The topological polar surface area (TPSA) is 33.2 Å². The minimum Gasteiger partial charge on any atom is -0.333 e. The number of amides is 1. The molecular formula is C11H11ClN2O. The average Bonchev–Trinajstić information content (AvgIpc) is 2.29. The van der Waals surface area contributed by atoms with E-state index >= 15 is 0 Å². The van der Waals surface area contributed by atoms with Crippen LogP contribution in [-0.4, -0.2) is 28.9 Å². The molecule has 4 heteroatoms. The van der Waals surface area contributed by atoms with E-state index in [2.05, 4.69) is 11.1 Å². The molecule has 78 valence electrons. The fourth-order valence-electron chi connectivity index (χ4n) is 1.52. The predicted octanol–water partition coefficient (Wildman–Crippen LogP) is 2.14. The van der Waals surface area contributed by atoms with Crippen molar-refractivity contribution < 1.29 is 4.79 Å². The van der Waals surface area contributed by atoms with Gasteiger partial charge in [0, 0.05) is 13.1 Å². The Morgan fingerprint density at radius 3 is 2.93 bits per heavy atom. The summed E-state index contributed by atoms with van der Waals surface area (Å²) in [6, 6.07) is 5.09. The monoisotopic (exact) mass is 222 g/mol. The molecule has 0 aromatic carbocycles. The van der Waals surface area contributed by atoms with Gasteiger partial charge < -0.3 is 4.90 Å². The van der Waals surface area contributed by atoms with Crippen LogP contribution in [0, 0.1) is 0 Å². The number of nitrogens with zero attached hydrogens (tertiary/aromatic N) is 2. The molecular weight excluding hydrogens is 212 g/mol. The summed E-state index contributed by atoms with van der Waals surface area (Å²) < 4.78 is 0. The lowest BCUT2D eigenvalue weighted by Gasteiger charge is -2.22. The molecule has 0 saturated heterocycles. The summed E-state index contributed by atoms with van der Waals surface area (Å²) >= 11 is 5.73. The van der Waals surface area contributed by atoms with Crippen LogP contribution in [0.25, 0.3) is 0 Å². The van der Waals surface area contributed by atoms with Crippen LogP contribution in [0.15, 0.2) is 30.4 Å². The molecule has 0 spiro atoms. The van der Waals surface area contributed by atoms with Gasteiger partial charge in [0.15, 0.2) is 0 Å². The first-order chi connectivity index (χ1) is 7.27. The van der Waals surface area contributed by atoms with Gasteiger partial charge in [-0.3, -0.25) is 4.79 Å². The first kappa shape index (κ1) is 10.2. The third kappa shape index (κ3) is 2.36. The van der Waals surface area contributed by atoms with Crippen LogP contribution >= 0.6 is 11.6 Å². The van der Waals surface area contributed by atoms with Crippen LogP contribution in [0.5, 0.6) is 0 Å². The Labute approximate surface area is 93.4 Å². The molecule has 0 bridgehead atoms. The van der Waals surface area contributed by atoms with E-state index in [1.807, 2.05) is 6.08 Å². The number of carbonyl (C=O) groups is 1. The summed E-state index contributed by atoms with van der Waals surface area (Å²) in [6.45, 7) is 1.41. The fourth-order valence-corrected chi connectivity index (χ4v) is 1.68. The normalized spacial score (nSPS) is 15.4. The lowest BCUT2D eigenvalue weighted by Crippen LogP contribution is -2.34. The van der Waals surface area contributed by atoms with Crippen molar-refractivity contribution in [3.05, 3.63) is 41.2 Å². The number of hydrogen-bond acceptors (Lipinski definition) is 2. The van der Waals surface area contributed by atoms with E-state index in [4.69, 9.17) is 11.6 Å². The van der Waals surface area contributed by atoms with E-state index < -0.39 is 0 Å². The molecule has 1 aromatic rings. The van der Waals surface area contributed by atoms with Gasteiger partial charge in [0.25, 0.3) is 5.91 Å². The first-order valence-electron chi connectivity index (χ1n) is 4.84. The average molecular weight is 223 g/mol. The van der Waals surface area contributed by atoms with Crippen LogP contribution < -0.4 is 0 Å². The van der Waals surface area contributed by atoms with Crippen LogP contribution in [0.4, 0.5) is 0 Å². The van der Waals surface area contributed by atoms with Gasteiger partial charge in [0.05, 0.1) is 0 Å². The second-order valence-corrected chi connectivity index (χ2v) is 3.74. The zero-order chi connectivity index (χ0) is 10.7. The van der Waals surface area contributed by atoms with Gasteiger partial charge >= 0.3 is 0 Å². The minimum atomic E-state index is -0.0538. The number of rotatable bonds is 1. The van der Waals surface area contributed by atoms with Gasteiger partial charge in [0.1, 0.15) is 10.8 Å². The highest BCUT2D eigenvalue weighted by Gasteiger charge is 2.16. The highest BCUT2D eigenvalue weighted by molar-refractivity contribution is 6.29. The zero-order valence-corrected chi connectivity index (χ0v) is 8.94. The van der Waals surface area contributed by atoms with Crippen molar-refractivity contribution in [1.29, 1.82) is 0 Å². The molecule has 3 nitrogen and oxygen atoms in total. The Morgan fingerprint density at radius 2 is 2.27 bits per heavy atom. The molecule has 1 aliphatic rings. The Kier molecular flexibility index (Phi) is 3.02. The highest BCUT2D eigenvalue weighted by atomic mass is 35.5. The molecule has 0 N–H and O–H groups in total. The quantitative estimate of drug-likeness (QED) is 0.539. The molecule has 1 aromatic heterocycles. The maximum Gasteiger partial charge on any atom is 0.272 e. The molecule has 2 rings (SSSR count). The maximum absolute atomic E-state index is 11.9. The van der Waals surface area contributed by atoms with Crippen LogP contribution in [0.3, 0.4) is 0 Å². The Morgan fingerprint density at radius 1 is 1.40 bits per heavy atom. The van der Waals surface area contributed by atoms with E-state index in [1.165, 1.54) is 0 Å². The van der Waals surface area contributed by atoms with Crippen molar-refractivity contribution in [2.75, 3.05) is 13.1 Å². The summed E-state index contributed by atoms with van der Waals surface area (Å²) in [5.74, 6) is -0.0538. The van der Waals surface area contributed by atoms with Gasteiger partial charge in [0.2, 0.25) is 0 Å². The highest BCUT2D eigenvalue weighted by Crippen LogP contribution is 2.10. The van der Waals surface area contributed by atoms with Gasteiger partial charge in [-0.2, -0.15) is 0 Å². The molecule has 1 amide bonds. The third-order valence-corrected chi connectivity index (χ3v) is 2.49. The van der Waals surface area contributed by atoms with Crippen molar-refractivity contribution in [2.24, 2.45) is 0 Å². The van der Waals surface area contributed by atoms with Crippen molar-refractivity contribution >= 4 is 17.5 Å². The maximum atomic E-state index is 11.9. The van der Waals surface area contributed by atoms with Crippen LogP contribution in [0.1, 0.15) is 16.9 Å².